The lowest BCUT2D eigenvalue weighted by atomic mass is 10.1. The van der Waals surface area contributed by atoms with Crippen molar-refractivity contribution in [1.29, 1.82) is 0 Å². The average Bonchev–Trinajstić information content (AvgIpc) is 2.72. The van der Waals surface area contributed by atoms with Crippen LogP contribution in [-0.4, -0.2) is 22.0 Å². The van der Waals surface area contributed by atoms with Gasteiger partial charge in [-0.25, -0.2) is 4.99 Å². The zero-order valence-corrected chi connectivity index (χ0v) is 17.0. The molecule has 0 radical (unpaired) electrons. The molecule has 4 rings (SSSR count). The maximum absolute atomic E-state index is 12.6. The van der Waals surface area contributed by atoms with Gasteiger partial charge >= 0.3 is 0 Å². The molecule has 0 N–H and O–H groups in total. The van der Waals surface area contributed by atoms with Crippen molar-refractivity contribution in [3.8, 4) is 0 Å². The fourth-order valence-electron chi connectivity index (χ4n) is 2.84. The van der Waals surface area contributed by atoms with Gasteiger partial charge in [0.2, 0.25) is 0 Å². The average molecular weight is 428 g/mol. The molecule has 1 aromatic heterocycles. The van der Waals surface area contributed by atoms with Gasteiger partial charge in [0.1, 0.15) is 5.35 Å². The summed E-state index contributed by atoms with van der Waals surface area (Å²) < 4.78 is 0. The second-order valence-corrected chi connectivity index (χ2v) is 7.98. The molecule has 0 bridgehead atoms. The lowest BCUT2D eigenvalue weighted by Gasteiger charge is -2.29. The molecular formula is C21H15Cl2N3OS. The number of aromatic nitrogens is 1. The zero-order valence-electron chi connectivity index (χ0n) is 14.6. The van der Waals surface area contributed by atoms with Gasteiger partial charge in [-0.2, -0.15) is 0 Å². The summed E-state index contributed by atoms with van der Waals surface area (Å²) in [5.74, 6) is 0.227. The molecule has 28 heavy (non-hydrogen) atoms. The molecule has 1 aliphatic rings. The highest BCUT2D eigenvalue weighted by atomic mass is 35.5. The second-order valence-electron chi connectivity index (χ2n) is 6.09. The van der Waals surface area contributed by atoms with Crippen molar-refractivity contribution in [3.05, 3.63) is 93.2 Å². The van der Waals surface area contributed by atoms with Crippen LogP contribution in [0.5, 0.6) is 0 Å². The predicted octanol–water partition coefficient (Wildman–Crippen LogP) is 4.17. The van der Waals surface area contributed by atoms with Crippen LogP contribution in [-0.2, 0) is 0 Å². The van der Waals surface area contributed by atoms with Gasteiger partial charge in [-0.1, -0.05) is 35.3 Å². The van der Waals surface area contributed by atoms with E-state index in [9.17, 15) is 4.79 Å². The van der Waals surface area contributed by atoms with Crippen molar-refractivity contribution in [2.75, 3.05) is 10.7 Å². The molecule has 0 spiro atoms. The molecule has 0 amide bonds. The number of nitrogens with zero attached hydrogens (tertiary/aromatic N) is 3. The summed E-state index contributed by atoms with van der Waals surface area (Å²) in [5.41, 5.74) is 1.15. The van der Waals surface area contributed by atoms with E-state index >= 15 is 0 Å². The molecule has 7 heteroatoms. The molecular weight excluding hydrogens is 413 g/mol. The lowest BCUT2D eigenvalue weighted by Crippen LogP contribution is -2.42. The topological polar surface area (TPSA) is 45.6 Å². The molecule has 1 atom stereocenters. The summed E-state index contributed by atoms with van der Waals surface area (Å²) in [4.78, 5) is 23.8. The Balaban J connectivity index is 1.63. The number of Topliss-reactive ketones (excluding diaryl/α,β-unsaturated/α-hetero) is 1. The normalized spacial score (nSPS) is 15.4. The molecule has 0 saturated carbocycles. The molecule has 4 nitrogen and oxygen atoms in total. The zero-order chi connectivity index (χ0) is 19.5. The van der Waals surface area contributed by atoms with Crippen LogP contribution in [0.2, 0.25) is 10.0 Å². The highest BCUT2D eigenvalue weighted by molar-refractivity contribution is 8.00. The molecule has 2 aromatic carbocycles. The van der Waals surface area contributed by atoms with Crippen LogP contribution in [0.1, 0.15) is 10.4 Å². The van der Waals surface area contributed by atoms with Crippen molar-refractivity contribution in [3.63, 3.8) is 0 Å². The van der Waals surface area contributed by atoms with Crippen LogP contribution in [0.25, 0.3) is 6.20 Å². The summed E-state index contributed by atoms with van der Waals surface area (Å²) in [6.07, 6.45) is 3.68. The Hall–Kier alpha value is -2.34. The Bertz CT molecular complexity index is 1130. The second kappa shape index (κ2) is 8.35. The highest BCUT2D eigenvalue weighted by Gasteiger charge is 2.22. The number of fused-ring (bicyclic) bond motifs is 1. The maximum atomic E-state index is 12.6. The maximum Gasteiger partial charge on any atom is 0.174 e. The Morgan fingerprint density at radius 2 is 1.82 bits per heavy atom. The number of carbonyl (C=O) groups excluding carboxylic acids is 1. The van der Waals surface area contributed by atoms with Crippen molar-refractivity contribution in [2.45, 2.75) is 5.50 Å². The van der Waals surface area contributed by atoms with Crippen LogP contribution in [0.15, 0.2) is 71.9 Å². The van der Waals surface area contributed by atoms with E-state index in [1.165, 1.54) is 11.8 Å². The van der Waals surface area contributed by atoms with Crippen molar-refractivity contribution >= 4 is 52.6 Å². The van der Waals surface area contributed by atoms with Gasteiger partial charge in [-0.15, -0.1) is 11.8 Å². The largest absolute Gasteiger partial charge is 0.315 e. The van der Waals surface area contributed by atoms with Gasteiger partial charge in [0.05, 0.1) is 16.1 Å². The van der Waals surface area contributed by atoms with Crippen LogP contribution in [0.3, 0.4) is 0 Å². The van der Waals surface area contributed by atoms with Crippen LogP contribution < -0.4 is 15.6 Å². The Labute approximate surface area is 176 Å². The number of carbonyl (C=O) groups is 1. The summed E-state index contributed by atoms with van der Waals surface area (Å²) in [7, 11) is 0. The summed E-state index contributed by atoms with van der Waals surface area (Å²) in [6, 6.07) is 18.4. The fourth-order valence-corrected chi connectivity index (χ4v) is 4.20. The molecule has 1 aliphatic heterocycles. The number of thioether (sulfide) groups is 1. The van der Waals surface area contributed by atoms with E-state index in [1.807, 2.05) is 59.6 Å². The quantitative estimate of drug-likeness (QED) is 0.573. The first-order valence-corrected chi connectivity index (χ1v) is 10.4. The van der Waals surface area contributed by atoms with Gasteiger partial charge in [-0.05, 0) is 48.5 Å². The third-order valence-electron chi connectivity index (χ3n) is 4.23. The third-order valence-corrected chi connectivity index (χ3v) is 5.87. The standard InChI is InChI=1S/C21H15Cl2N3OS/c22-14-7-9-15(10-8-14)26-12-19-18(6-3-11-24-19)25-21(26)28-13-20(27)16-4-1-2-5-17(16)23/h1-12,21H,13H2. The minimum atomic E-state index is -0.302. The summed E-state index contributed by atoms with van der Waals surface area (Å²) in [6.45, 7) is 0. The number of hydrogen-bond acceptors (Lipinski definition) is 5. The van der Waals surface area contributed by atoms with E-state index in [4.69, 9.17) is 28.2 Å². The molecule has 3 aromatic rings. The monoisotopic (exact) mass is 427 g/mol. The molecule has 0 fully saturated rings. The highest BCUT2D eigenvalue weighted by Crippen LogP contribution is 2.28. The summed E-state index contributed by atoms with van der Waals surface area (Å²) in [5, 5.41) is 2.71. The SMILES string of the molecule is O=C(CSC1N=c2cccnc2=CN1c1ccc(Cl)cc1)c1ccccc1Cl. The first-order chi connectivity index (χ1) is 13.6. The Morgan fingerprint density at radius 1 is 1.04 bits per heavy atom. The van der Waals surface area contributed by atoms with Gasteiger partial charge in [0, 0.05) is 28.7 Å². The van der Waals surface area contributed by atoms with Crippen LogP contribution in [0.4, 0.5) is 5.69 Å². The van der Waals surface area contributed by atoms with E-state index in [-0.39, 0.29) is 17.0 Å². The van der Waals surface area contributed by atoms with Gasteiger partial charge in [0.25, 0.3) is 0 Å². The van der Waals surface area contributed by atoms with Crippen LogP contribution >= 0.6 is 35.0 Å². The molecule has 0 aliphatic carbocycles. The Kier molecular flexibility index (Phi) is 5.67. The van der Waals surface area contributed by atoms with Gasteiger partial charge in [0.15, 0.2) is 11.3 Å². The number of ketones is 1. The minimum Gasteiger partial charge on any atom is -0.315 e. The number of anilines is 1. The van der Waals surface area contributed by atoms with Crippen molar-refractivity contribution < 1.29 is 4.79 Å². The van der Waals surface area contributed by atoms with Gasteiger partial charge in [-0.3, -0.25) is 9.78 Å². The van der Waals surface area contributed by atoms with E-state index in [0.29, 0.717) is 15.6 Å². The van der Waals surface area contributed by atoms with E-state index in [2.05, 4.69) is 4.98 Å². The molecule has 0 saturated heterocycles. The van der Waals surface area contributed by atoms with Crippen molar-refractivity contribution in [1.82, 2.24) is 4.98 Å². The van der Waals surface area contributed by atoms with Gasteiger partial charge < -0.3 is 4.90 Å². The predicted molar refractivity (Wildman–Crippen MR) is 115 cm³/mol. The number of pyridine rings is 1. The fraction of sp³-hybridized carbons (Fsp3) is 0.0952. The van der Waals surface area contributed by atoms with Crippen LogP contribution in [0, 0.1) is 0 Å². The molecule has 140 valence electrons. The van der Waals surface area contributed by atoms with Crippen molar-refractivity contribution in [2.24, 2.45) is 4.99 Å². The number of halogens is 2. The summed E-state index contributed by atoms with van der Waals surface area (Å²) >= 11 is 13.6. The smallest absolute Gasteiger partial charge is 0.174 e. The lowest BCUT2D eigenvalue weighted by molar-refractivity contribution is 0.102. The number of benzene rings is 2. The van der Waals surface area contributed by atoms with E-state index in [0.717, 1.165) is 16.4 Å². The first-order valence-electron chi connectivity index (χ1n) is 8.56. The molecule has 1 unspecified atom stereocenters. The minimum absolute atomic E-state index is 0.0289. The Morgan fingerprint density at radius 3 is 2.61 bits per heavy atom. The molecule has 2 heterocycles. The number of hydrogen-bond donors (Lipinski definition) is 0. The first kappa shape index (κ1) is 19.0. The van der Waals surface area contributed by atoms with E-state index < -0.39 is 0 Å². The third kappa shape index (κ3) is 4.07. The van der Waals surface area contributed by atoms with E-state index in [1.54, 1.807) is 18.3 Å². The number of rotatable bonds is 5.